The van der Waals surface area contributed by atoms with Crippen LogP contribution in [0.5, 0.6) is 0 Å². The van der Waals surface area contributed by atoms with E-state index in [2.05, 4.69) is 45.1 Å². The van der Waals surface area contributed by atoms with Crippen LogP contribution in [-0.4, -0.2) is 26.9 Å². The molecule has 1 amide bonds. The highest BCUT2D eigenvalue weighted by Gasteiger charge is 2.38. The molecule has 1 saturated carbocycles. The molecule has 1 aromatic carbocycles. The van der Waals surface area contributed by atoms with Crippen molar-refractivity contribution in [2.24, 2.45) is 10.8 Å². The van der Waals surface area contributed by atoms with Crippen molar-refractivity contribution in [3.05, 3.63) is 35.2 Å². The molecule has 2 N–H and O–H groups in total. The van der Waals surface area contributed by atoms with Crippen LogP contribution in [0.3, 0.4) is 0 Å². The largest absolute Gasteiger partial charge is 0.382 e. The molecule has 2 heterocycles. The topological polar surface area (TPSA) is 78.5 Å². The van der Waals surface area contributed by atoms with E-state index in [0.717, 1.165) is 38.8 Å². The quantitative estimate of drug-likeness (QED) is 0.677. The van der Waals surface area contributed by atoms with E-state index in [9.17, 15) is 13.2 Å². The zero-order valence-corrected chi connectivity index (χ0v) is 20.4. The second-order valence-electron chi connectivity index (χ2n) is 10.4. The van der Waals surface area contributed by atoms with Crippen LogP contribution in [0.2, 0.25) is 0 Å². The van der Waals surface area contributed by atoms with E-state index in [1.807, 2.05) is 29.2 Å². The van der Waals surface area contributed by atoms with Crippen molar-refractivity contribution in [3.8, 4) is 10.4 Å². The predicted molar refractivity (Wildman–Crippen MR) is 128 cm³/mol. The Balaban J connectivity index is 1.58. The van der Waals surface area contributed by atoms with E-state index in [1.165, 1.54) is 17.8 Å². The van der Waals surface area contributed by atoms with Gasteiger partial charge in [-0.1, -0.05) is 39.8 Å². The summed E-state index contributed by atoms with van der Waals surface area (Å²) in [4.78, 5) is 12.6. The summed E-state index contributed by atoms with van der Waals surface area (Å²) in [5, 5.41) is 5.56. The van der Waals surface area contributed by atoms with Crippen molar-refractivity contribution in [1.82, 2.24) is 4.72 Å². The first-order valence-corrected chi connectivity index (χ1v) is 13.0. The lowest BCUT2D eigenvalue weighted by Gasteiger charge is -2.45. The molecule has 4 rings (SSSR count). The van der Waals surface area contributed by atoms with E-state index < -0.39 is 16.1 Å². The Morgan fingerprint density at radius 2 is 1.84 bits per heavy atom. The monoisotopic (exact) mass is 461 g/mol. The third kappa shape index (κ3) is 4.60. The van der Waals surface area contributed by atoms with Gasteiger partial charge in [0, 0.05) is 22.0 Å². The van der Waals surface area contributed by atoms with Crippen LogP contribution in [0.1, 0.15) is 52.5 Å². The van der Waals surface area contributed by atoms with Crippen molar-refractivity contribution in [1.29, 1.82) is 0 Å². The maximum Gasteiger partial charge on any atom is 0.326 e. The second-order valence-corrected chi connectivity index (χ2v) is 12.9. The maximum atomic E-state index is 12.2. The molecule has 1 aliphatic heterocycles. The maximum absolute atomic E-state index is 12.2. The molecular formula is C23H31N3O3S2. The highest BCUT2D eigenvalue weighted by molar-refractivity contribution is 7.92. The number of nitrogens with zero attached hydrogens (tertiary/aromatic N) is 1. The van der Waals surface area contributed by atoms with Gasteiger partial charge < -0.3 is 5.32 Å². The van der Waals surface area contributed by atoms with Crippen LogP contribution in [0.4, 0.5) is 11.4 Å². The molecule has 2 aromatic rings. The molecular weight excluding hydrogens is 430 g/mol. The molecule has 2 aliphatic rings. The fraction of sp³-hybridized carbons (Fsp3) is 0.522. The fourth-order valence-corrected chi connectivity index (χ4v) is 7.88. The van der Waals surface area contributed by atoms with Crippen molar-refractivity contribution >= 4 is 38.8 Å². The average Bonchev–Trinajstić information content (AvgIpc) is 3.10. The average molecular weight is 462 g/mol. The van der Waals surface area contributed by atoms with Gasteiger partial charge >= 0.3 is 10.2 Å². The van der Waals surface area contributed by atoms with E-state index >= 15 is 0 Å². The van der Waals surface area contributed by atoms with Crippen molar-refractivity contribution in [2.45, 2.75) is 59.9 Å². The number of benzene rings is 1. The smallest absolute Gasteiger partial charge is 0.326 e. The Labute approximate surface area is 189 Å². The lowest BCUT2D eigenvalue weighted by atomic mass is 9.63. The number of nitrogens with one attached hydrogen (secondary N) is 2. The first kappa shape index (κ1) is 22.1. The van der Waals surface area contributed by atoms with Crippen LogP contribution in [0.25, 0.3) is 10.4 Å². The Morgan fingerprint density at radius 1 is 1.16 bits per heavy atom. The summed E-state index contributed by atoms with van der Waals surface area (Å²) >= 11 is 1.50. The van der Waals surface area contributed by atoms with Crippen LogP contribution < -0.4 is 14.3 Å². The summed E-state index contributed by atoms with van der Waals surface area (Å²) in [7, 11) is -3.80. The molecule has 8 heteroatoms. The van der Waals surface area contributed by atoms with Gasteiger partial charge in [0.2, 0.25) is 0 Å². The lowest BCUT2D eigenvalue weighted by Crippen LogP contribution is -2.40. The van der Waals surface area contributed by atoms with Crippen molar-refractivity contribution in [2.75, 3.05) is 16.2 Å². The summed E-state index contributed by atoms with van der Waals surface area (Å²) in [5.74, 6) is -0.503. The van der Waals surface area contributed by atoms with Gasteiger partial charge in [-0.25, -0.2) is 9.03 Å². The zero-order valence-electron chi connectivity index (χ0n) is 18.8. The summed E-state index contributed by atoms with van der Waals surface area (Å²) in [5.41, 5.74) is 4.17. The highest BCUT2D eigenvalue weighted by atomic mass is 32.2. The summed E-state index contributed by atoms with van der Waals surface area (Å²) < 4.78 is 27.7. The molecule has 0 unspecified atom stereocenters. The minimum Gasteiger partial charge on any atom is -0.382 e. The van der Waals surface area contributed by atoms with E-state index in [4.69, 9.17) is 0 Å². The summed E-state index contributed by atoms with van der Waals surface area (Å²) in [6, 6.07) is 8.73. The number of hydrogen-bond acceptors (Lipinski definition) is 5. The predicted octanol–water partition coefficient (Wildman–Crippen LogP) is 4.92. The number of carbonyl (C=O) groups is 1. The Morgan fingerprint density at radius 3 is 2.45 bits per heavy atom. The number of hydrogen-bond donors (Lipinski definition) is 2. The molecule has 31 heavy (non-hydrogen) atoms. The molecule has 0 atom stereocenters. The fourth-order valence-electron chi connectivity index (χ4n) is 5.53. The van der Waals surface area contributed by atoms with Gasteiger partial charge in [0.05, 0.1) is 5.69 Å². The first-order chi connectivity index (χ1) is 14.4. The molecule has 2 fully saturated rings. The number of rotatable bonds is 4. The molecule has 0 spiro atoms. The first-order valence-electron chi connectivity index (χ1n) is 10.6. The molecule has 1 aromatic heterocycles. The second kappa shape index (κ2) is 7.52. The molecule has 6 nitrogen and oxygen atoms in total. The number of amides is 1. The lowest BCUT2D eigenvalue weighted by molar-refractivity contribution is -0.117. The molecule has 168 valence electrons. The Kier molecular flexibility index (Phi) is 5.37. The molecule has 1 aliphatic carbocycles. The normalized spacial score (nSPS) is 22.4. The zero-order chi connectivity index (χ0) is 22.6. The molecule has 0 bridgehead atoms. The van der Waals surface area contributed by atoms with Gasteiger partial charge in [0.25, 0.3) is 5.91 Å². The van der Waals surface area contributed by atoms with Gasteiger partial charge in [0.15, 0.2) is 0 Å². The summed E-state index contributed by atoms with van der Waals surface area (Å²) in [6.07, 6.45) is 3.50. The highest BCUT2D eigenvalue weighted by Crippen LogP contribution is 2.46. The third-order valence-electron chi connectivity index (χ3n) is 6.15. The van der Waals surface area contributed by atoms with E-state index in [0.29, 0.717) is 22.6 Å². The standard InChI is InChI=1S/C23H31N3O3S2/c1-15-19(26-12-20(27)25-31(26,28)29)13-30-21(15)16-7-6-8-17(9-16)24-18-10-22(2,3)14-23(4,5)11-18/h6-9,13,18,24H,10-12,14H2,1-5H3,(H,25,27). The Bertz CT molecular complexity index is 1100. The van der Waals surface area contributed by atoms with E-state index in [1.54, 1.807) is 0 Å². The minimum atomic E-state index is -3.80. The SMILES string of the molecule is Cc1c(N2CC(=O)NS2(=O)=O)csc1-c1cccc(NC2CC(C)(C)CC(C)(C)C2)c1. The van der Waals surface area contributed by atoms with Gasteiger partial charge in [0.1, 0.15) is 6.54 Å². The van der Waals surface area contributed by atoms with Crippen LogP contribution >= 0.6 is 11.3 Å². The van der Waals surface area contributed by atoms with Crippen molar-refractivity contribution < 1.29 is 13.2 Å². The van der Waals surface area contributed by atoms with Crippen LogP contribution in [0, 0.1) is 17.8 Å². The van der Waals surface area contributed by atoms with Crippen LogP contribution in [-0.2, 0) is 15.0 Å². The number of anilines is 2. The van der Waals surface area contributed by atoms with E-state index in [-0.39, 0.29) is 6.54 Å². The minimum absolute atomic E-state index is 0.172. The van der Waals surface area contributed by atoms with Crippen LogP contribution in [0.15, 0.2) is 29.6 Å². The third-order valence-corrected chi connectivity index (χ3v) is 8.66. The number of carbonyl (C=O) groups excluding carboxylic acids is 1. The van der Waals surface area contributed by atoms with Gasteiger partial charge in [-0.05, 0) is 60.3 Å². The van der Waals surface area contributed by atoms with Gasteiger partial charge in [-0.3, -0.25) is 4.79 Å². The van der Waals surface area contributed by atoms with Gasteiger partial charge in [-0.15, -0.1) is 11.3 Å². The van der Waals surface area contributed by atoms with Gasteiger partial charge in [-0.2, -0.15) is 8.42 Å². The molecule has 0 radical (unpaired) electrons. The Hall–Kier alpha value is -2.06. The van der Waals surface area contributed by atoms with Crippen molar-refractivity contribution in [3.63, 3.8) is 0 Å². The molecule has 1 saturated heterocycles. The number of thiophene rings is 1. The summed E-state index contributed by atoms with van der Waals surface area (Å²) in [6.45, 7) is 11.1.